The Kier molecular flexibility index (Phi) is 21.0. The van der Waals surface area contributed by atoms with E-state index in [1.165, 1.54) is 269 Å². The van der Waals surface area contributed by atoms with Crippen LogP contribution in [0.5, 0.6) is 0 Å². The fourth-order valence-corrected chi connectivity index (χ4v) is 25.6. The molecule has 0 N–H and O–H groups in total. The summed E-state index contributed by atoms with van der Waals surface area (Å²) in [5.41, 5.74) is 30.1. The molecule has 0 atom stereocenters. The first kappa shape index (κ1) is 82.6. The molecule has 28 aromatic rings. The Hall–Kier alpha value is -17.0. The molecule has 0 saturated heterocycles. The molecule has 25 aromatic carbocycles. The second kappa shape index (κ2) is 35.3. The van der Waals surface area contributed by atoms with E-state index in [0.29, 0.717) is 0 Å². The SMILES string of the molecule is c1ccc(-c2ccc3c(-c4ccc(-c5cccc6ccccc56)cc4)c4ccccc4c(-c4cccc5c4sc4ccccc45)c3c2)cc1.c1ccc(-c2ccc3c(-c4ccccc4-c4ccccc4)c4ccccc4c(-c4cccc5c4sc4ccccc45)c3c2)cc1.c1ccc(-c2cccc(-c3c4ccccc4c(-c4cccc5c4sc4ccccc45)c4cc(-c5ccccc5)ccc34)c2)cc1. The van der Waals surface area contributed by atoms with Crippen LogP contribution in [-0.2, 0) is 0 Å². The first-order valence-electron chi connectivity index (χ1n) is 47.7. The van der Waals surface area contributed by atoms with E-state index in [1.807, 2.05) is 34.0 Å². The van der Waals surface area contributed by atoms with Crippen LogP contribution in [0.2, 0.25) is 0 Å². The summed E-state index contributed by atoms with van der Waals surface area (Å²) in [5, 5.41) is 25.8. The summed E-state index contributed by atoms with van der Waals surface area (Å²) in [6, 6.07) is 191. The van der Waals surface area contributed by atoms with Gasteiger partial charge in [0.25, 0.3) is 0 Å². The van der Waals surface area contributed by atoms with Crippen LogP contribution in [0.1, 0.15) is 0 Å². The standard InChI is InChI=1S/C48H30S.2C44H28S/c1-2-12-31(13-3-1)35-28-29-41-44(30-35)47(43-22-11-21-42-38-17-8-9-23-45(38)49-48(42)43)40-19-7-6-18-39(40)46(41)34-26-24-33(25-27-34)37-20-10-15-32-14-4-5-16-36(32)37;1-3-13-29(14-4-1)31-17-11-18-33(27-31)42-35-20-7-8-21-36(35)43(40-28-32(25-26-37(40)42)30-15-5-2-6-16-30)39-23-12-22-38-34-19-9-10-24-41(34)45-44(38)39;1-3-14-29(15-4-1)31-26-27-37-40(28-31)43(39-24-13-23-38-33-19-11-12-25-41(33)45-44(38)39)36-22-10-9-21-35(36)42(37)34-20-8-7-18-32(34)30-16-5-2-6-17-30/h1-30H;2*1-28H. The van der Waals surface area contributed by atoms with Crippen molar-refractivity contribution in [3.05, 3.63) is 522 Å². The molecule has 648 valence electrons. The maximum absolute atomic E-state index is 2.42. The summed E-state index contributed by atoms with van der Waals surface area (Å²) < 4.78 is 8.00. The van der Waals surface area contributed by atoms with E-state index >= 15 is 0 Å². The number of hydrogen-bond acceptors (Lipinski definition) is 3. The van der Waals surface area contributed by atoms with Gasteiger partial charge in [0.15, 0.2) is 0 Å². The third-order valence-corrected chi connectivity index (χ3v) is 31.9. The van der Waals surface area contributed by atoms with Crippen molar-refractivity contribution in [2.24, 2.45) is 0 Å². The summed E-state index contributed by atoms with van der Waals surface area (Å²) in [7, 11) is 0. The molecule has 0 saturated carbocycles. The van der Waals surface area contributed by atoms with Crippen molar-refractivity contribution in [1.82, 2.24) is 0 Å². The second-order valence-corrected chi connectivity index (χ2v) is 39.2. The lowest BCUT2D eigenvalue weighted by atomic mass is 9.83. The summed E-state index contributed by atoms with van der Waals surface area (Å²) >= 11 is 5.70. The molecular formula is C136H86S3. The lowest BCUT2D eigenvalue weighted by Crippen LogP contribution is -1.93. The van der Waals surface area contributed by atoms with Crippen LogP contribution < -0.4 is 0 Å². The van der Waals surface area contributed by atoms with Gasteiger partial charge < -0.3 is 0 Å². The number of fused-ring (bicyclic) bond motifs is 16. The van der Waals surface area contributed by atoms with Crippen LogP contribution in [0.25, 0.3) is 269 Å². The third-order valence-electron chi connectivity index (χ3n) is 28.2. The average molecular weight is 1820 g/mol. The van der Waals surface area contributed by atoms with Crippen LogP contribution in [0.3, 0.4) is 0 Å². The van der Waals surface area contributed by atoms with Crippen molar-refractivity contribution < 1.29 is 0 Å². The molecule has 28 rings (SSSR count). The molecule has 0 bridgehead atoms. The van der Waals surface area contributed by atoms with Gasteiger partial charge in [-0.05, 0) is 235 Å². The van der Waals surface area contributed by atoms with Gasteiger partial charge in [-0.1, -0.05) is 479 Å². The maximum atomic E-state index is 2.42. The van der Waals surface area contributed by atoms with Crippen LogP contribution in [0.15, 0.2) is 522 Å². The van der Waals surface area contributed by atoms with E-state index in [4.69, 9.17) is 0 Å². The van der Waals surface area contributed by atoms with Gasteiger partial charge >= 0.3 is 0 Å². The average Bonchev–Trinajstić information content (AvgIpc) is 1.71. The van der Waals surface area contributed by atoms with Crippen molar-refractivity contribution in [3.63, 3.8) is 0 Å². The van der Waals surface area contributed by atoms with E-state index in [-0.39, 0.29) is 0 Å². The smallest absolute Gasteiger partial charge is 0.0434 e. The molecule has 0 aliphatic rings. The zero-order valence-electron chi connectivity index (χ0n) is 75.9. The van der Waals surface area contributed by atoms with Crippen molar-refractivity contribution >= 4 is 170 Å². The minimum Gasteiger partial charge on any atom is -0.135 e. The summed E-state index contributed by atoms with van der Waals surface area (Å²) in [5.74, 6) is 0. The highest BCUT2D eigenvalue weighted by Gasteiger charge is 2.27. The highest BCUT2D eigenvalue weighted by Crippen LogP contribution is 2.55. The Bertz CT molecular complexity index is 9660. The molecule has 139 heavy (non-hydrogen) atoms. The van der Waals surface area contributed by atoms with Gasteiger partial charge in [-0.15, -0.1) is 34.0 Å². The minimum atomic E-state index is 1.23. The van der Waals surface area contributed by atoms with Gasteiger partial charge in [0.05, 0.1) is 0 Å². The molecule has 3 heteroatoms. The molecule has 3 heterocycles. The molecule has 0 fully saturated rings. The Morgan fingerprint density at radius 1 is 0.101 bits per heavy atom. The predicted octanol–water partition coefficient (Wildman–Crippen LogP) is 40.2. The molecular weight excluding hydrogens is 1730 g/mol. The van der Waals surface area contributed by atoms with Crippen LogP contribution in [0.4, 0.5) is 0 Å². The second-order valence-electron chi connectivity index (χ2n) is 36.1. The molecule has 0 amide bonds. The third kappa shape index (κ3) is 14.6. The fourth-order valence-electron chi connectivity index (χ4n) is 21.9. The van der Waals surface area contributed by atoms with Gasteiger partial charge in [-0.2, -0.15) is 0 Å². The molecule has 0 aliphatic carbocycles. The van der Waals surface area contributed by atoms with Crippen molar-refractivity contribution in [2.75, 3.05) is 0 Å². The van der Waals surface area contributed by atoms with Crippen LogP contribution in [-0.4, -0.2) is 0 Å². The largest absolute Gasteiger partial charge is 0.135 e. The van der Waals surface area contributed by atoms with Gasteiger partial charge in [0.2, 0.25) is 0 Å². The highest BCUT2D eigenvalue weighted by molar-refractivity contribution is 7.27. The zero-order chi connectivity index (χ0) is 91.8. The summed E-state index contributed by atoms with van der Waals surface area (Å²) in [6.07, 6.45) is 0. The van der Waals surface area contributed by atoms with E-state index in [2.05, 4.69) is 522 Å². The van der Waals surface area contributed by atoms with E-state index in [9.17, 15) is 0 Å². The molecule has 0 nitrogen and oxygen atoms in total. The Labute approximate surface area is 818 Å². The Balaban J connectivity index is 0.000000108. The number of benzene rings is 25. The fraction of sp³-hybridized carbons (Fsp3) is 0. The van der Waals surface area contributed by atoms with Crippen molar-refractivity contribution in [3.8, 4) is 134 Å². The lowest BCUT2D eigenvalue weighted by molar-refractivity contribution is 1.60. The lowest BCUT2D eigenvalue weighted by Gasteiger charge is -2.20. The van der Waals surface area contributed by atoms with E-state index < -0.39 is 0 Å². The van der Waals surface area contributed by atoms with E-state index in [0.717, 1.165) is 0 Å². The molecule has 0 aliphatic heterocycles. The van der Waals surface area contributed by atoms with Gasteiger partial charge in [0.1, 0.15) is 0 Å². The molecule has 0 unspecified atom stereocenters. The Morgan fingerprint density at radius 3 is 0.741 bits per heavy atom. The maximum Gasteiger partial charge on any atom is 0.0434 e. The van der Waals surface area contributed by atoms with Gasteiger partial charge in [-0.25, -0.2) is 0 Å². The quantitative estimate of drug-likeness (QED) is 0.107. The van der Waals surface area contributed by atoms with Gasteiger partial charge in [-0.3, -0.25) is 0 Å². The molecule has 0 radical (unpaired) electrons. The first-order chi connectivity index (χ1) is 69.0. The van der Waals surface area contributed by atoms with E-state index in [1.54, 1.807) is 0 Å². The first-order valence-corrected chi connectivity index (χ1v) is 50.2. The normalized spacial score (nSPS) is 11.6. The Morgan fingerprint density at radius 2 is 0.331 bits per heavy atom. The molecule has 3 aromatic heterocycles. The summed E-state index contributed by atoms with van der Waals surface area (Å²) in [6.45, 7) is 0. The minimum absolute atomic E-state index is 1.23. The number of hydrogen-bond donors (Lipinski definition) is 0. The monoisotopic (exact) mass is 1810 g/mol. The predicted molar refractivity (Wildman–Crippen MR) is 606 cm³/mol. The van der Waals surface area contributed by atoms with Crippen LogP contribution >= 0.6 is 34.0 Å². The highest BCUT2D eigenvalue weighted by atomic mass is 32.1. The van der Waals surface area contributed by atoms with Crippen LogP contribution in [0, 0.1) is 0 Å². The summed E-state index contributed by atoms with van der Waals surface area (Å²) in [4.78, 5) is 0. The topological polar surface area (TPSA) is 0 Å². The van der Waals surface area contributed by atoms with Gasteiger partial charge in [0, 0.05) is 77.2 Å². The number of thiophene rings is 3. The zero-order valence-corrected chi connectivity index (χ0v) is 78.3. The number of rotatable bonds is 12. The van der Waals surface area contributed by atoms with Crippen molar-refractivity contribution in [1.29, 1.82) is 0 Å². The molecule has 0 spiro atoms. The van der Waals surface area contributed by atoms with Crippen molar-refractivity contribution in [2.45, 2.75) is 0 Å².